The van der Waals surface area contributed by atoms with Crippen LogP contribution in [0.1, 0.15) is 18.4 Å². The van der Waals surface area contributed by atoms with Gasteiger partial charge in [-0.1, -0.05) is 35.5 Å². The minimum absolute atomic E-state index is 0.189. The van der Waals surface area contributed by atoms with Crippen LogP contribution >= 0.6 is 0 Å². The van der Waals surface area contributed by atoms with Crippen molar-refractivity contribution < 1.29 is 24.5 Å². The molecule has 30 heavy (non-hydrogen) atoms. The molecule has 0 bridgehead atoms. The van der Waals surface area contributed by atoms with E-state index in [2.05, 4.69) is 10.5 Å². The molecule has 3 rings (SSSR count). The lowest BCUT2D eigenvalue weighted by molar-refractivity contribution is -0.384. The summed E-state index contributed by atoms with van der Waals surface area (Å²) < 4.78 is 5.28. The maximum atomic E-state index is 12.3. The molecule has 156 valence electrons. The Kier molecular flexibility index (Phi) is 6.58. The number of nitro groups is 1. The lowest BCUT2D eigenvalue weighted by Crippen LogP contribution is -2.45. The molecule has 2 N–H and O–H groups in total. The maximum absolute atomic E-state index is 12.3. The van der Waals surface area contributed by atoms with Crippen molar-refractivity contribution in [2.75, 3.05) is 24.6 Å². The Hall–Kier alpha value is -3.95. The largest absolute Gasteiger partial charge is 0.482 e. The predicted octanol–water partition coefficient (Wildman–Crippen LogP) is 2.10. The van der Waals surface area contributed by atoms with Gasteiger partial charge in [0, 0.05) is 18.7 Å². The number of nitrogens with one attached hydrogen (secondary N) is 1. The van der Waals surface area contributed by atoms with Crippen LogP contribution in [0.15, 0.2) is 53.7 Å². The maximum Gasteiger partial charge on any atom is 0.271 e. The molecule has 0 radical (unpaired) electrons. The Bertz CT molecular complexity index is 977. The summed E-state index contributed by atoms with van der Waals surface area (Å²) in [5.74, 6) is -0.568. The smallest absolute Gasteiger partial charge is 0.271 e. The van der Waals surface area contributed by atoms with Crippen molar-refractivity contribution in [3.8, 4) is 5.75 Å². The van der Waals surface area contributed by atoms with Crippen LogP contribution < -0.4 is 15.0 Å². The number of carbonyl (C=O) groups is 2. The molecule has 0 atom stereocenters. The summed E-state index contributed by atoms with van der Waals surface area (Å²) >= 11 is 0. The van der Waals surface area contributed by atoms with E-state index in [-0.39, 0.29) is 24.5 Å². The fraction of sp³-hybridized carbons (Fsp3) is 0.250. The number of amides is 2. The predicted molar refractivity (Wildman–Crippen MR) is 108 cm³/mol. The number of nitro benzene ring substituents is 1. The molecule has 0 aliphatic carbocycles. The van der Waals surface area contributed by atoms with Gasteiger partial charge in [-0.25, -0.2) is 0 Å². The van der Waals surface area contributed by atoms with Gasteiger partial charge in [-0.05, 0) is 24.5 Å². The van der Waals surface area contributed by atoms with Crippen LogP contribution in [0.3, 0.4) is 0 Å². The topological polar surface area (TPSA) is 134 Å². The molecule has 1 aliphatic heterocycles. The van der Waals surface area contributed by atoms with Crippen LogP contribution in [0.2, 0.25) is 0 Å². The van der Waals surface area contributed by atoms with E-state index >= 15 is 0 Å². The molecule has 0 unspecified atom stereocenters. The summed E-state index contributed by atoms with van der Waals surface area (Å²) in [6.07, 6.45) is 0.978. The van der Waals surface area contributed by atoms with Gasteiger partial charge in [-0.3, -0.25) is 24.6 Å². The third-order valence-electron chi connectivity index (χ3n) is 4.54. The van der Waals surface area contributed by atoms with Crippen LogP contribution in [-0.2, 0) is 9.59 Å². The summed E-state index contributed by atoms with van der Waals surface area (Å²) in [5, 5.41) is 26.2. The van der Waals surface area contributed by atoms with E-state index in [1.54, 1.807) is 0 Å². The van der Waals surface area contributed by atoms with Gasteiger partial charge in [0.2, 0.25) is 5.91 Å². The van der Waals surface area contributed by atoms with Crippen LogP contribution in [0.4, 0.5) is 11.4 Å². The number of fused-ring (bicyclic) bond motifs is 1. The molecule has 0 saturated carbocycles. The van der Waals surface area contributed by atoms with Crippen molar-refractivity contribution in [2.45, 2.75) is 12.8 Å². The third kappa shape index (κ3) is 4.90. The first-order valence-electron chi connectivity index (χ1n) is 9.24. The average molecular weight is 412 g/mol. The number of non-ortho nitro benzene ring substituents is 1. The minimum Gasteiger partial charge on any atom is -0.482 e. The SMILES string of the molecule is O=C(CN1C(=O)COc2ccc([N+](=O)[O-])cc21)NCCC/C(=N/O)c1ccccc1. The van der Waals surface area contributed by atoms with Gasteiger partial charge >= 0.3 is 0 Å². The molecule has 10 heteroatoms. The number of nitrogens with zero attached hydrogens (tertiary/aromatic N) is 3. The number of benzene rings is 2. The highest BCUT2D eigenvalue weighted by molar-refractivity contribution is 6.02. The Morgan fingerprint density at radius 1 is 1.27 bits per heavy atom. The van der Waals surface area contributed by atoms with Crippen molar-refractivity contribution in [3.63, 3.8) is 0 Å². The Labute approximate surface area is 171 Å². The number of rotatable bonds is 8. The third-order valence-corrected chi connectivity index (χ3v) is 4.54. The molecule has 0 fully saturated rings. The Morgan fingerprint density at radius 2 is 2.03 bits per heavy atom. The van der Waals surface area contributed by atoms with Gasteiger partial charge in [-0.2, -0.15) is 0 Å². The lowest BCUT2D eigenvalue weighted by atomic mass is 10.1. The van der Waals surface area contributed by atoms with Crippen LogP contribution in [0.25, 0.3) is 0 Å². The second kappa shape index (κ2) is 9.50. The van der Waals surface area contributed by atoms with Crippen molar-refractivity contribution in [1.29, 1.82) is 0 Å². The lowest BCUT2D eigenvalue weighted by Gasteiger charge is -2.28. The second-order valence-corrected chi connectivity index (χ2v) is 6.54. The number of anilines is 1. The first kappa shape index (κ1) is 20.8. The van der Waals surface area contributed by atoms with Gasteiger partial charge in [-0.15, -0.1) is 0 Å². The van der Waals surface area contributed by atoms with Gasteiger partial charge in [0.1, 0.15) is 12.3 Å². The molecular formula is C20H20N4O6. The van der Waals surface area contributed by atoms with E-state index in [9.17, 15) is 24.9 Å². The van der Waals surface area contributed by atoms with Gasteiger partial charge < -0.3 is 15.3 Å². The number of carbonyl (C=O) groups excluding carboxylic acids is 2. The molecule has 0 aromatic heterocycles. The van der Waals surface area contributed by atoms with Crippen molar-refractivity contribution in [3.05, 3.63) is 64.2 Å². The number of hydrogen-bond donors (Lipinski definition) is 2. The average Bonchev–Trinajstić information content (AvgIpc) is 2.76. The normalized spacial score (nSPS) is 13.4. The van der Waals surface area contributed by atoms with E-state index in [0.717, 1.165) is 5.56 Å². The van der Waals surface area contributed by atoms with Crippen molar-refractivity contribution >= 4 is 28.9 Å². The zero-order valence-corrected chi connectivity index (χ0v) is 16.0. The molecule has 10 nitrogen and oxygen atoms in total. The van der Waals surface area contributed by atoms with E-state index in [0.29, 0.717) is 30.8 Å². The van der Waals surface area contributed by atoms with E-state index in [1.807, 2.05) is 30.3 Å². The molecule has 0 spiro atoms. The molecule has 2 amide bonds. The van der Waals surface area contributed by atoms with Crippen molar-refractivity contribution in [1.82, 2.24) is 5.32 Å². The highest BCUT2D eigenvalue weighted by Gasteiger charge is 2.29. The fourth-order valence-corrected chi connectivity index (χ4v) is 3.04. The minimum atomic E-state index is -0.579. The number of oxime groups is 1. The van der Waals surface area contributed by atoms with Gasteiger partial charge in [0.15, 0.2) is 6.61 Å². The van der Waals surface area contributed by atoms with Gasteiger partial charge in [0.05, 0.1) is 16.3 Å². The van der Waals surface area contributed by atoms with Crippen molar-refractivity contribution in [2.24, 2.45) is 5.16 Å². The highest BCUT2D eigenvalue weighted by atomic mass is 16.6. The molecule has 1 heterocycles. The summed E-state index contributed by atoms with van der Waals surface area (Å²) in [6.45, 7) is -0.216. The van der Waals surface area contributed by atoms with E-state index in [1.165, 1.54) is 23.1 Å². The molecule has 0 saturated heterocycles. The number of ether oxygens (including phenoxy) is 1. The van der Waals surface area contributed by atoms with Crippen LogP contribution in [0.5, 0.6) is 5.75 Å². The first-order valence-corrected chi connectivity index (χ1v) is 9.24. The van der Waals surface area contributed by atoms with Crippen LogP contribution in [0, 0.1) is 10.1 Å². The summed E-state index contributed by atoms with van der Waals surface area (Å²) in [6, 6.07) is 13.1. The molecule has 2 aromatic carbocycles. The monoisotopic (exact) mass is 412 g/mol. The highest BCUT2D eigenvalue weighted by Crippen LogP contribution is 2.35. The standard InChI is InChI=1S/C20H20N4O6/c25-19(21-10-4-7-16(22-27)14-5-2-1-3-6-14)12-23-17-11-15(24(28)29)8-9-18(17)30-13-20(23)26/h1-3,5-6,8-9,11,27H,4,7,10,12-13H2,(H,21,25)/b22-16-. The summed E-state index contributed by atoms with van der Waals surface area (Å²) in [4.78, 5) is 36.1. The second-order valence-electron chi connectivity index (χ2n) is 6.54. The summed E-state index contributed by atoms with van der Waals surface area (Å²) in [5.41, 5.74) is 1.29. The quantitative estimate of drug-likeness (QED) is 0.224. The molecular weight excluding hydrogens is 392 g/mol. The Morgan fingerprint density at radius 3 is 2.73 bits per heavy atom. The van der Waals surface area contributed by atoms with Crippen LogP contribution in [-0.4, -0.2) is 47.4 Å². The van der Waals surface area contributed by atoms with E-state index in [4.69, 9.17) is 4.74 Å². The first-order chi connectivity index (χ1) is 14.5. The van der Waals surface area contributed by atoms with E-state index < -0.39 is 16.7 Å². The fourth-order valence-electron chi connectivity index (χ4n) is 3.04. The molecule has 2 aromatic rings. The van der Waals surface area contributed by atoms with Gasteiger partial charge in [0.25, 0.3) is 11.6 Å². The Balaban J connectivity index is 1.56. The molecule has 1 aliphatic rings. The number of hydrogen-bond acceptors (Lipinski definition) is 7. The zero-order chi connectivity index (χ0) is 21.5. The summed E-state index contributed by atoms with van der Waals surface area (Å²) in [7, 11) is 0. The zero-order valence-electron chi connectivity index (χ0n) is 16.0.